The fraction of sp³-hybridized carbons (Fsp3) is 0.353. The number of hydrogen-bond acceptors (Lipinski definition) is 1. The van der Waals surface area contributed by atoms with Crippen molar-refractivity contribution in [2.75, 3.05) is 6.54 Å². The number of amides is 1. The number of hydrogen-bond donors (Lipinski definition) is 0. The van der Waals surface area contributed by atoms with Crippen molar-refractivity contribution in [1.82, 2.24) is 9.47 Å². The molecule has 0 N–H and O–H groups in total. The molecule has 0 saturated carbocycles. The van der Waals surface area contributed by atoms with E-state index in [2.05, 4.69) is 42.8 Å². The topological polar surface area (TPSA) is 25.2 Å². The summed E-state index contributed by atoms with van der Waals surface area (Å²) >= 11 is 0. The second-order valence-electron chi connectivity index (χ2n) is 5.62. The summed E-state index contributed by atoms with van der Waals surface area (Å²) in [6.07, 6.45) is 2.09. The highest BCUT2D eigenvalue weighted by molar-refractivity contribution is 5.96. The van der Waals surface area contributed by atoms with Gasteiger partial charge in [0.05, 0.1) is 6.04 Å². The normalized spacial score (nSPS) is 17.9. The minimum atomic E-state index is 0.131. The molecule has 1 aromatic carbocycles. The lowest BCUT2D eigenvalue weighted by atomic mass is 10.0. The van der Waals surface area contributed by atoms with Crippen LogP contribution in [0.5, 0.6) is 0 Å². The van der Waals surface area contributed by atoms with Gasteiger partial charge < -0.3 is 9.47 Å². The number of benzene rings is 1. The molecule has 2 aromatic rings. The van der Waals surface area contributed by atoms with Crippen LogP contribution in [0.2, 0.25) is 0 Å². The van der Waals surface area contributed by atoms with Crippen LogP contribution >= 0.6 is 0 Å². The summed E-state index contributed by atoms with van der Waals surface area (Å²) < 4.78 is 2.23. The molecule has 20 heavy (non-hydrogen) atoms. The maximum absolute atomic E-state index is 12.8. The molecular weight excluding hydrogens is 248 g/mol. The van der Waals surface area contributed by atoms with E-state index in [1.54, 1.807) is 0 Å². The van der Waals surface area contributed by atoms with Crippen LogP contribution in [0.3, 0.4) is 0 Å². The molecule has 2 heterocycles. The van der Waals surface area contributed by atoms with Crippen molar-refractivity contribution in [1.29, 1.82) is 0 Å². The third kappa shape index (κ3) is 2.03. The van der Waals surface area contributed by atoms with E-state index in [1.807, 2.05) is 24.0 Å². The summed E-state index contributed by atoms with van der Waals surface area (Å²) in [6, 6.07) is 10.3. The van der Waals surface area contributed by atoms with Gasteiger partial charge in [-0.15, -0.1) is 0 Å². The molecule has 3 nitrogen and oxygen atoms in total. The monoisotopic (exact) mass is 268 g/mol. The minimum absolute atomic E-state index is 0.131. The molecule has 0 saturated heterocycles. The average Bonchev–Trinajstić information content (AvgIpc) is 2.87. The van der Waals surface area contributed by atoms with Crippen molar-refractivity contribution in [2.24, 2.45) is 0 Å². The van der Waals surface area contributed by atoms with E-state index < -0.39 is 0 Å². The third-order valence-electron chi connectivity index (χ3n) is 4.22. The van der Waals surface area contributed by atoms with Gasteiger partial charge in [-0.3, -0.25) is 4.79 Å². The van der Waals surface area contributed by atoms with E-state index in [1.165, 1.54) is 11.3 Å². The predicted octanol–water partition coefficient (Wildman–Crippen LogP) is 3.32. The third-order valence-corrected chi connectivity index (χ3v) is 4.22. The van der Waals surface area contributed by atoms with E-state index in [0.717, 1.165) is 24.2 Å². The Morgan fingerprint density at radius 3 is 2.75 bits per heavy atom. The van der Waals surface area contributed by atoms with Crippen molar-refractivity contribution >= 4 is 5.91 Å². The van der Waals surface area contributed by atoms with Crippen molar-refractivity contribution < 1.29 is 4.79 Å². The van der Waals surface area contributed by atoms with Gasteiger partial charge in [0.25, 0.3) is 5.91 Å². The van der Waals surface area contributed by atoms with Gasteiger partial charge in [-0.05, 0) is 44.5 Å². The van der Waals surface area contributed by atoms with Crippen molar-refractivity contribution in [3.63, 3.8) is 0 Å². The number of carbonyl (C=O) groups is 1. The Labute approximate surface area is 119 Å². The van der Waals surface area contributed by atoms with Gasteiger partial charge in [0.15, 0.2) is 0 Å². The van der Waals surface area contributed by atoms with Crippen LogP contribution in [0.1, 0.15) is 40.1 Å². The summed E-state index contributed by atoms with van der Waals surface area (Å²) in [5.74, 6) is 0.141. The SMILES string of the molecule is Cc1ccc(C(=O)N2CCn3cccc3[C@H]2C)c(C)c1. The Morgan fingerprint density at radius 1 is 1.20 bits per heavy atom. The molecule has 0 unspecified atom stereocenters. The van der Waals surface area contributed by atoms with Gasteiger partial charge in [0.1, 0.15) is 0 Å². The Hall–Kier alpha value is -2.03. The maximum atomic E-state index is 12.8. The van der Waals surface area contributed by atoms with Crippen LogP contribution in [0.25, 0.3) is 0 Å². The van der Waals surface area contributed by atoms with E-state index in [0.29, 0.717) is 0 Å². The number of nitrogens with zero attached hydrogens (tertiary/aromatic N) is 2. The minimum Gasteiger partial charge on any atom is -0.348 e. The molecule has 3 heteroatoms. The summed E-state index contributed by atoms with van der Waals surface area (Å²) in [6.45, 7) is 7.82. The van der Waals surface area contributed by atoms with E-state index in [9.17, 15) is 4.79 Å². The standard InChI is InChI=1S/C17H20N2O/c1-12-6-7-15(13(2)11-12)17(20)19-10-9-18-8-4-5-16(18)14(19)3/h4-8,11,14H,9-10H2,1-3H3/t14-/m1/s1. The molecule has 104 valence electrons. The molecule has 1 atom stereocenters. The summed E-state index contributed by atoms with van der Waals surface area (Å²) in [7, 11) is 0. The van der Waals surface area contributed by atoms with Gasteiger partial charge in [-0.1, -0.05) is 17.7 Å². The highest BCUT2D eigenvalue weighted by atomic mass is 16.2. The lowest BCUT2D eigenvalue weighted by Crippen LogP contribution is -2.40. The number of aromatic nitrogens is 1. The molecule has 0 fully saturated rings. The lowest BCUT2D eigenvalue weighted by Gasteiger charge is -2.35. The molecule has 1 amide bonds. The fourth-order valence-electron chi connectivity index (χ4n) is 3.06. The largest absolute Gasteiger partial charge is 0.348 e. The highest BCUT2D eigenvalue weighted by Crippen LogP contribution is 2.27. The van der Waals surface area contributed by atoms with Crippen molar-refractivity contribution in [2.45, 2.75) is 33.4 Å². The maximum Gasteiger partial charge on any atom is 0.254 e. The average molecular weight is 268 g/mol. The summed E-state index contributed by atoms with van der Waals surface area (Å²) in [4.78, 5) is 14.8. The zero-order valence-electron chi connectivity index (χ0n) is 12.3. The van der Waals surface area contributed by atoms with Gasteiger partial charge >= 0.3 is 0 Å². The Balaban J connectivity index is 1.92. The van der Waals surface area contributed by atoms with Crippen LogP contribution in [0.15, 0.2) is 36.5 Å². The van der Waals surface area contributed by atoms with Crippen LogP contribution < -0.4 is 0 Å². The molecule has 1 aliphatic heterocycles. The van der Waals surface area contributed by atoms with Crippen LogP contribution in [0.4, 0.5) is 0 Å². The van der Waals surface area contributed by atoms with E-state index in [4.69, 9.17) is 0 Å². The molecule has 0 radical (unpaired) electrons. The van der Waals surface area contributed by atoms with Gasteiger partial charge in [-0.25, -0.2) is 0 Å². The van der Waals surface area contributed by atoms with E-state index in [-0.39, 0.29) is 11.9 Å². The molecular formula is C17H20N2O. The first-order valence-corrected chi connectivity index (χ1v) is 7.11. The lowest BCUT2D eigenvalue weighted by molar-refractivity contribution is 0.0643. The first kappa shape index (κ1) is 13.0. The van der Waals surface area contributed by atoms with Gasteiger partial charge in [-0.2, -0.15) is 0 Å². The summed E-state index contributed by atoms with van der Waals surface area (Å²) in [5.41, 5.74) is 4.29. The molecule has 1 aromatic heterocycles. The first-order chi connectivity index (χ1) is 9.58. The van der Waals surface area contributed by atoms with Crippen LogP contribution in [0, 0.1) is 13.8 Å². The number of fused-ring (bicyclic) bond motifs is 1. The second kappa shape index (κ2) is 4.82. The zero-order chi connectivity index (χ0) is 14.3. The Kier molecular flexibility index (Phi) is 3.13. The highest BCUT2D eigenvalue weighted by Gasteiger charge is 2.28. The van der Waals surface area contributed by atoms with Gasteiger partial charge in [0, 0.05) is 30.5 Å². The zero-order valence-corrected chi connectivity index (χ0v) is 12.3. The molecule has 1 aliphatic rings. The number of rotatable bonds is 1. The summed E-state index contributed by atoms with van der Waals surface area (Å²) in [5, 5.41) is 0. The predicted molar refractivity (Wildman–Crippen MR) is 79.8 cm³/mol. The smallest absolute Gasteiger partial charge is 0.254 e. The quantitative estimate of drug-likeness (QED) is 0.779. The second-order valence-corrected chi connectivity index (χ2v) is 5.62. The number of aryl methyl sites for hydroxylation is 2. The Morgan fingerprint density at radius 2 is 2.00 bits per heavy atom. The Bertz CT molecular complexity index is 657. The van der Waals surface area contributed by atoms with Gasteiger partial charge in [0.2, 0.25) is 0 Å². The van der Waals surface area contributed by atoms with Crippen LogP contribution in [-0.4, -0.2) is 21.9 Å². The molecule has 0 spiro atoms. The molecule has 0 bridgehead atoms. The first-order valence-electron chi connectivity index (χ1n) is 7.11. The van der Waals surface area contributed by atoms with Crippen molar-refractivity contribution in [3.8, 4) is 0 Å². The molecule has 0 aliphatic carbocycles. The van der Waals surface area contributed by atoms with Crippen molar-refractivity contribution in [3.05, 3.63) is 58.9 Å². The van der Waals surface area contributed by atoms with Crippen LogP contribution in [-0.2, 0) is 6.54 Å². The fourth-order valence-corrected chi connectivity index (χ4v) is 3.06. The van der Waals surface area contributed by atoms with E-state index >= 15 is 0 Å². The number of carbonyl (C=O) groups excluding carboxylic acids is 1. The molecule has 3 rings (SSSR count).